The fourth-order valence-electron chi connectivity index (χ4n) is 3.26. The lowest BCUT2D eigenvalue weighted by molar-refractivity contribution is -0.0447. The van der Waals surface area contributed by atoms with Crippen LogP contribution in [-0.2, 0) is 22.3 Å². The molecule has 0 saturated carbocycles. The van der Waals surface area contributed by atoms with Crippen molar-refractivity contribution in [2.24, 2.45) is 0 Å². The zero-order valence-corrected chi connectivity index (χ0v) is 14.7. The van der Waals surface area contributed by atoms with Crippen LogP contribution in [0.5, 0.6) is 0 Å². The Hall–Kier alpha value is -1.94. The summed E-state index contributed by atoms with van der Waals surface area (Å²) in [6.07, 6.45) is 2.73. The third-order valence-corrected chi connectivity index (χ3v) is 4.76. The van der Waals surface area contributed by atoms with E-state index < -0.39 is 0 Å². The maximum Gasteiger partial charge on any atom is 0.184 e. The van der Waals surface area contributed by atoms with E-state index in [1.54, 1.807) is 0 Å². The van der Waals surface area contributed by atoms with Gasteiger partial charge >= 0.3 is 0 Å². The van der Waals surface area contributed by atoms with E-state index in [1.165, 1.54) is 5.56 Å². The Bertz CT molecular complexity index is 875. The number of nitrogens with zero attached hydrogens (tertiary/aromatic N) is 1. The largest absolute Gasteiger partial charge is 0.346 e. The SMILES string of the molecule is Clc1ccc2ccc(CCCc3ccccc3C3OCCO3)nc2c1. The van der Waals surface area contributed by atoms with E-state index in [0.717, 1.165) is 46.4 Å². The van der Waals surface area contributed by atoms with E-state index in [-0.39, 0.29) is 6.29 Å². The third kappa shape index (κ3) is 3.84. The molecule has 1 fully saturated rings. The minimum atomic E-state index is -0.211. The molecular formula is C21H20ClNO2. The van der Waals surface area contributed by atoms with Crippen molar-refractivity contribution < 1.29 is 9.47 Å². The fourth-order valence-corrected chi connectivity index (χ4v) is 3.43. The number of halogens is 1. The molecular weight excluding hydrogens is 334 g/mol. The van der Waals surface area contributed by atoms with Crippen LogP contribution in [0.1, 0.15) is 29.5 Å². The van der Waals surface area contributed by atoms with Crippen LogP contribution < -0.4 is 0 Å². The van der Waals surface area contributed by atoms with E-state index >= 15 is 0 Å². The van der Waals surface area contributed by atoms with Gasteiger partial charge in [-0.1, -0.05) is 48.0 Å². The van der Waals surface area contributed by atoms with Gasteiger partial charge in [0.15, 0.2) is 6.29 Å². The van der Waals surface area contributed by atoms with Gasteiger partial charge in [-0.05, 0) is 43.0 Å². The molecule has 128 valence electrons. The molecule has 0 N–H and O–H groups in total. The molecule has 0 unspecified atom stereocenters. The maximum absolute atomic E-state index is 6.07. The molecule has 3 nitrogen and oxygen atoms in total. The molecule has 4 heteroatoms. The van der Waals surface area contributed by atoms with Gasteiger partial charge < -0.3 is 9.47 Å². The molecule has 2 aromatic carbocycles. The summed E-state index contributed by atoms with van der Waals surface area (Å²) in [7, 11) is 0. The summed E-state index contributed by atoms with van der Waals surface area (Å²) in [4.78, 5) is 4.73. The molecule has 0 amide bonds. The number of aryl methyl sites for hydroxylation is 2. The Morgan fingerprint density at radius 2 is 1.76 bits per heavy atom. The van der Waals surface area contributed by atoms with Gasteiger partial charge in [-0.2, -0.15) is 0 Å². The van der Waals surface area contributed by atoms with Crippen molar-refractivity contribution in [1.82, 2.24) is 4.98 Å². The van der Waals surface area contributed by atoms with Crippen molar-refractivity contribution in [2.45, 2.75) is 25.6 Å². The zero-order valence-electron chi connectivity index (χ0n) is 14.0. The standard InChI is InChI=1S/C21H20ClNO2/c22-17-10-8-16-9-11-18(23-20(16)14-17)6-3-5-15-4-1-2-7-19(15)21-24-12-13-25-21/h1-2,4,7-11,14,21H,3,5-6,12-13H2. The second-order valence-corrected chi connectivity index (χ2v) is 6.70. The Morgan fingerprint density at radius 3 is 2.64 bits per heavy atom. The van der Waals surface area contributed by atoms with E-state index in [0.29, 0.717) is 13.2 Å². The van der Waals surface area contributed by atoms with Crippen LogP contribution in [0.4, 0.5) is 0 Å². The van der Waals surface area contributed by atoms with Gasteiger partial charge in [0.1, 0.15) is 0 Å². The smallest absolute Gasteiger partial charge is 0.184 e. The molecule has 1 aliphatic rings. The molecule has 0 bridgehead atoms. The van der Waals surface area contributed by atoms with Crippen LogP contribution in [0.15, 0.2) is 54.6 Å². The van der Waals surface area contributed by atoms with Crippen molar-refractivity contribution in [3.8, 4) is 0 Å². The van der Waals surface area contributed by atoms with Gasteiger partial charge in [0.25, 0.3) is 0 Å². The van der Waals surface area contributed by atoms with Crippen LogP contribution in [0.3, 0.4) is 0 Å². The fraction of sp³-hybridized carbons (Fsp3) is 0.286. The number of benzene rings is 2. The molecule has 25 heavy (non-hydrogen) atoms. The minimum absolute atomic E-state index is 0.211. The van der Waals surface area contributed by atoms with Gasteiger partial charge in [-0.25, -0.2) is 0 Å². The highest BCUT2D eigenvalue weighted by Crippen LogP contribution is 2.27. The van der Waals surface area contributed by atoms with E-state index in [4.69, 9.17) is 26.1 Å². The monoisotopic (exact) mass is 353 g/mol. The van der Waals surface area contributed by atoms with E-state index in [2.05, 4.69) is 30.3 Å². The first-order valence-corrected chi connectivity index (χ1v) is 9.03. The Labute approximate surface area is 152 Å². The van der Waals surface area contributed by atoms with E-state index in [1.807, 2.05) is 24.3 Å². The summed E-state index contributed by atoms with van der Waals surface area (Å²) in [6.45, 7) is 1.34. The lowest BCUT2D eigenvalue weighted by atomic mass is 10.0. The van der Waals surface area contributed by atoms with Gasteiger partial charge in [0.2, 0.25) is 0 Å². The minimum Gasteiger partial charge on any atom is -0.346 e. The van der Waals surface area contributed by atoms with Crippen LogP contribution >= 0.6 is 11.6 Å². The Balaban J connectivity index is 1.44. The summed E-state index contributed by atoms with van der Waals surface area (Å²) in [5.41, 5.74) is 4.50. The molecule has 1 aromatic heterocycles. The molecule has 0 spiro atoms. The lowest BCUT2D eigenvalue weighted by Crippen LogP contribution is -2.03. The molecule has 3 aromatic rings. The predicted octanol–water partition coefficient (Wildman–Crippen LogP) is 5.11. The predicted molar refractivity (Wildman–Crippen MR) is 99.9 cm³/mol. The summed E-state index contributed by atoms with van der Waals surface area (Å²) in [5.74, 6) is 0. The van der Waals surface area contributed by atoms with Crippen LogP contribution in [0.2, 0.25) is 5.02 Å². The molecule has 1 saturated heterocycles. The van der Waals surface area contributed by atoms with Crippen molar-refractivity contribution >= 4 is 22.5 Å². The second-order valence-electron chi connectivity index (χ2n) is 6.27. The third-order valence-electron chi connectivity index (χ3n) is 4.52. The summed E-state index contributed by atoms with van der Waals surface area (Å²) >= 11 is 6.07. The average Bonchev–Trinajstić information content (AvgIpc) is 3.16. The summed E-state index contributed by atoms with van der Waals surface area (Å²) < 4.78 is 11.3. The molecule has 1 aliphatic heterocycles. The molecule has 4 rings (SSSR count). The maximum atomic E-state index is 6.07. The summed E-state index contributed by atoms with van der Waals surface area (Å²) in [5, 5.41) is 1.84. The van der Waals surface area contributed by atoms with Gasteiger partial charge in [-0.15, -0.1) is 0 Å². The average molecular weight is 354 g/mol. The number of ether oxygens (including phenoxy) is 2. The van der Waals surface area contributed by atoms with Gasteiger partial charge in [0, 0.05) is 21.7 Å². The number of pyridine rings is 1. The van der Waals surface area contributed by atoms with Crippen LogP contribution in [-0.4, -0.2) is 18.2 Å². The van der Waals surface area contributed by atoms with Crippen molar-refractivity contribution in [2.75, 3.05) is 13.2 Å². The van der Waals surface area contributed by atoms with Crippen molar-refractivity contribution in [3.63, 3.8) is 0 Å². The highest BCUT2D eigenvalue weighted by Gasteiger charge is 2.20. The second kappa shape index (κ2) is 7.52. The topological polar surface area (TPSA) is 31.4 Å². The molecule has 0 aliphatic carbocycles. The Morgan fingerprint density at radius 1 is 0.960 bits per heavy atom. The van der Waals surface area contributed by atoms with Gasteiger partial charge in [0.05, 0.1) is 18.7 Å². The zero-order chi connectivity index (χ0) is 17.1. The highest BCUT2D eigenvalue weighted by atomic mass is 35.5. The number of hydrogen-bond donors (Lipinski definition) is 0. The van der Waals surface area contributed by atoms with Crippen LogP contribution in [0.25, 0.3) is 10.9 Å². The van der Waals surface area contributed by atoms with E-state index in [9.17, 15) is 0 Å². The normalized spacial score (nSPS) is 15.1. The van der Waals surface area contributed by atoms with Crippen LogP contribution in [0, 0.1) is 0 Å². The summed E-state index contributed by atoms with van der Waals surface area (Å²) in [6, 6.07) is 18.4. The first kappa shape index (κ1) is 16.5. The molecule has 2 heterocycles. The quantitative estimate of drug-likeness (QED) is 0.638. The highest BCUT2D eigenvalue weighted by molar-refractivity contribution is 6.31. The molecule has 0 radical (unpaired) electrons. The first-order chi connectivity index (χ1) is 12.3. The Kier molecular flexibility index (Phi) is 4.97. The number of hydrogen-bond acceptors (Lipinski definition) is 3. The first-order valence-electron chi connectivity index (χ1n) is 8.66. The molecule has 0 atom stereocenters. The number of rotatable bonds is 5. The number of aromatic nitrogens is 1. The van der Waals surface area contributed by atoms with Crippen molar-refractivity contribution in [1.29, 1.82) is 0 Å². The number of fused-ring (bicyclic) bond motifs is 1. The van der Waals surface area contributed by atoms with Gasteiger partial charge in [-0.3, -0.25) is 4.98 Å². The van der Waals surface area contributed by atoms with Crippen molar-refractivity contribution in [3.05, 3.63) is 76.4 Å². The lowest BCUT2D eigenvalue weighted by Gasteiger charge is -2.14.